The van der Waals surface area contributed by atoms with E-state index in [1.807, 2.05) is 0 Å². The van der Waals surface area contributed by atoms with Gasteiger partial charge in [0.05, 0.1) is 13.2 Å². The molecule has 66 heavy (non-hydrogen) atoms. The predicted octanol–water partition coefficient (Wildman–Crippen LogP) is 17.9. The van der Waals surface area contributed by atoms with Crippen LogP contribution in [0.25, 0.3) is 0 Å². The fraction of sp³-hybridized carbons (Fsp3) is 0.964. The van der Waals surface area contributed by atoms with Gasteiger partial charge in [0.15, 0.2) is 6.10 Å². The molecule has 10 heteroatoms. The summed E-state index contributed by atoms with van der Waals surface area (Å²) >= 11 is 0. The summed E-state index contributed by atoms with van der Waals surface area (Å²) in [6.45, 7) is 3.83. The maximum absolute atomic E-state index is 12.7. The van der Waals surface area contributed by atoms with Crippen LogP contribution in [-0.2, 0) is 32.7 Å². The molecule has 394 valence electrons. The minimum Gasteiger partial charge on any atom is -0.462 e. The number of unbranched alkanes of at least 4 members (excludes halogenated alkanes) is 43. The quantitative estimate of drug-likeness (QED) is 0.0347. The van der Waals surface area contributed by atoms with Crippen molar-refractivity contribution in [2.24, 2.45) is 5.73 Å². The lowest BCUT2D eigenvalue weighted by Gasteiger charge is -2.19. The number of esters is 2. The molecule has 0 aliphatic heterocycles. The van der Waals surface area contributed by atoms with Gasteiger partial charge in [-0.3, -0.25) is 18.6 Å². The van der Waals surface area contributed by atoms with Gasteiger partial charge >= 0.3 is 19.8 Å². The van der Waals surface area contributed by atoms with Crippen LogP contribution in [0.3, 0.4) is 0 Å². The number of phosphoric ester groups is 1. The first kappa shape index (κ1) is 65.0. The van der Waals surface area contributed by atoms with E-state index >= 15 is 0 Å². The lowest BCUT2D eigenvalue weighted by molar-refractivity contribution is -0.161. The summed E-state index contributed by atoms with van der Waals surface area (Å²) < 4.78 is 33.0. The third-order valence-electron chi connectivity index (χ3n) is 13.2. The lowest BCUT2D eigenvalue weighted by Crippen LogP contribution is -2.29. The van der Waals surface area contributed by atoms with E-state index in [0.29, 0.717) is 6.42 Å². The first-order valence-electron chi connectivity index (χ1n) is 29.0. The second kappa shape index (κ2) is 53.4. The molecule has 0 aromatic heterocycles. The third kappa shape index (κ3) is 52.4. The van der Waals surface area contributed by atoms with Gasteiger partial charge in [0, 0.05) is 19.4 Å². The molecule has 0 saturated carbocycles. The van der Waals surface area contributed by atoms with Crippen molar-refractivity contribution < 1.29 is 37.6 Å². The zero-order chi connectivity index (χ0) is 48.1. The van der Waals surface area contributed by atoms with Gasteiger partial charge < -0.3 is 20.1 Å². The van der Waals surface area contributed by atoms with Gasteiger partial charge in [-0.15, -0.1) is 0 Å². The highest BCUT2D eigenvalue weighted by atomic mass is 31.2. The smallest absolute Gasteiger partial charge is 0.462 e. The van der Waals surface area contributed by atoms with Crippen LogP contribution in [0.4, 0.5) is 0 Å². The molecule has 0 aliphatic rings. The molecule has 0 rings (SSSR count). The summed E-state index contributed by atoms with van der Waals surface area (Å²) in [5.74, 6) is -0.802. The van der Waals surface area contributed by atoms with E-state index in [2.05, 4.69) is 13.8 Å². The maximum atomic E-state index is 12.7. The maximum Gasteiger partial charge on any atom is 0.472 e. The van der Waals surface area contributed by atoms with Crippen molar-refractivity contribution in [2.45, 2.75) is 322 Å². The number of hydrogen-bond donors (Lipinski definition) is 2. The number of carbonyl (C=O) groups is 2. The van der Waals surface area contributed by atoms with Crippen LogP contribution in [0.15, 0.2) is 0 Å². The average Bonchev–Trinajstić information content (AvgIpc) is 3.31. The van der Waals surface area contributed by atoms with Crippen molar-refractivity contribution in [2.75, 3.05) is 26.4 Å². The molecule has 0 aromatic carbocycles. The summed E-state index contributed by atoms with van der Waals surface area (Å²) in [4.78, 5) is 35.2. The van der Waals surface area contributed by atoms with E-state index < -0.39 is 26.5 Å². The number of phosphoric acid groups is 1. The molecule has 0 spiro atoms. The zero-order valence-corrected chi connectivity index (χ0v) is 44.9. The Balaban J connectivity index is 3.91. The molecule has 0 aliphatic carbocycles. The molecular formula is C56H112NO8P. The number of nitrogens with two attached hydrogens (primary N) is 1. The number of rotatable bonds is 56. The van der Waals surface area contributed by atoms with E-state index in [9.17, 15) is 19.0 Å². The van der Waals surface area contributed by atoms with Crippen LogP contribution < -0.4 is 5.73 Å². The first-order valence-corrected chi connectivity index (χ1v) is 30.5. The number of hydrogen-bond acceptors (Lipinski definition) is 8. The van der Waals surface area contributed by atoms with E-state index in [1.54, 1.807) is 0 Å². The molecule has 0 bridgehead atoms. The van der Waals surface area contributed by atoms with Crippen molar-refractivity contribution in [1.82, 2.24) is 0 Å². The Morgan fingerprint density at radius 3 is 0.924 bits per heavy atom. The van der Waals surface area contributed by atoms with Crippen molar-refractivity contribution in [1.29, 1.82) is 0 Å². The fourth-order valence-corrected chi connectivity index (χ4v) is 9.70. The van der Waals surface area contributed by atoms with Crippen molar-refractivity contribution in [3.05, 3.63) is 0 Å². The molecule has 2 atom stereocenters. The normalized spacial score (nSPS) is 13.0. The first-order chi connectivity index (χ1) is 32.3. The summed E-state index contributed by atoms with van der Waals surface area (Å²) in [6, 6.07) is 0. The van der Waals surface area contributed by atoms with Gasteiger partial charge in [0.1, 0.15) is 6.61 Å². The lowest BCUT2D eigenvalue weighted by atomic mass is 10.0. The minimum atomic E-state index is -4.38. The summed E-state index contributed by atoms with van der Waals surface area (Å²) in [7, 11) is -4.38. The van der Waals surface area contributed by atoms with Crippen LogP contribution in [0.1, 0.15) is 316 Å². The van der Waals surface area contributed by atoms with Gasteiger partial charge in [0.2, 0.25) is 0 Å². The van der Waals surface area contributed by atoms with Crippen LogP contribution >= 0.6 is 7.82 Å². The Hall–Kier alpha value is -0.990. The van der Waals surface area contributed by atoms with Crippen molar-refractivity contribution >= 4 is 19.8 Å². The van der Waals surface area contributed by atoms with E-state index in [0.717, 1.165) is 32.1 Å². The molecule has 0 heterocycles. The number of ether oxygens (including phenoxy) is 2. The monoisotopic (exact) mass is 958 g/mol. The molecule has 0 amide bonds. The highest BCUT2D eigenvalue weighted by Gasteiger charge is 2.26. The van der Waals surface area contributed by atoms with Crippen LogP contribution in [-0.4, -0.2) is 49.3 Å². The Morgan fingerprint density at radius 1 is 0.394 bits per heavy atom. The van der Waals surface area contributed by atoms with Gasteiger partial charge in [-0.1, -0.05) is 290 Å². The zero-order valence-electron chi connectivity index (χ0n) is 44.0. The Labute approximate surface area is 409 Å². The van der Waals surface area contributed by atoms with E-state index in [-0.39, 0.29) is 38.6 Å². The molecule has 0 fully saturated rings. The third-order valence-corrected chi connectivity index (χ3v) is 14.2. The average molecular weight is 958 g/mol. The Bertz CT molecular complexity index is 1050. The Morgan fingerprint density at radius 2 is 0.652 bits per heavy atom. The minimum absolute atomic E-state index is 0.0586. The molecule has 2 unspecified atom stereocenters. The molecule has 0 aromatic rings. The van der Waals surface area contributed by atoms with E-state index in [4.69, 9.17) is 24.3 Å². The molecular weight excluding hydrogens is 846 g/mol. The van der Waals surface area contributed by atoms with Crippen molar-refractivity contribution in [3.63, 3.8) is 0 Å². The molecule has 0 saturated heterocycles. The summed E-state index contributed by atoms with van der Waals surface area (Å²) in [5.41, 5.74) is 5.38. The topological polar surface area (TPSA) is 134 Å². The Kier molecular flexibility index (Phi) is 52.6. The summed E-state index contributed by atoms with van der Waals surface area (Å²) in [5, 5.41) is 0. The van der Waals surface area contributed by atoms with Gasteiger partial charge in [-0.25, -0.2) is 4.57 Å². The molecule has 9 nitrogen and oxygen atoms in total. The number of carbonyl (C=O) groups excluding carboxylic acids is 2. The summed E-state index contributed by atoms with van der Waals surface area (Å²) in [6.07, 6.45) is 58.7. The standard InChI is InChI=1S/C56H112NO8P/c1-3-5-7-9-11-13-15-17-19-21-23-25-27-29-31-33-35-37-39-41-43-45-47-49-56(59)65-54(53-64-66(60,61)63-51-50-57)52-62-55(58)48-46-44-42-40-38-36-34-32-30-28-26-24-22-20-18-16-14-12-10-8-6-4-2/h54H,3-53,57H2,1-2H3,(H,60,61). The van der Waals surface area contributed by atoms with Gasteiger partial charge in [-0.2, -0.15) is 0 Å². The molecule has 3 N–H and O–H groups in total. The second-order valence-electron chi connectivity index (χ2n) is 19.9. The second-order valence-corrected chi connectivity index (χ2v) is 21.3. The van der Waals surface area contributed by atoms with Gasteiger partial charge in [0.25, 0.3) is 0 Å². The van der Waals surface area contributed by atoms with Crippen LogP contribution in [0.2, 0.25) is 0 Å². The highest BCUT2D eigenvalue weighted by Crippen LogP contribution is 2.43. The molecule has 0 radical (unpaired) electrons. The van der Waals surface area contributed by atoms with Gasteiger partial charge in [-0.05, 0) is 12.8 Å². The van der Waals surface area contributed by atoms with Crippen LogP contribution in [0.5, 0.6) is 0 Å². The largest absolute Gasteiger partial charge is 0.472 e. The van der Waals surface area contributed by atoms with Crippen LogP contribution in [0, 0.1) is 0 Å². The fourth-order valence-electron chi connectivity index (χ4n) is 8.93. The van der Waals surface area contributed by atoms with E-state index in [1.165, 1.54) is 250 Å². The SMILES string of the molecule is CCCCCCCCCCCCCCCCCCCCCCCCCC(=O)OC(COC(=O)CCCCCCCCCCCCCCCCCCCCCCCC)COP(=O)(O)OCCN. The van der Waals surface area contributed by atoms with Crippen molar-refractivity contribution in [3.8, 4) is 0 Å². The predicted molar refractivity (Wildman–Crippen MR) is 280 cm³/mol. The highest BCUT2D eigenvalue weighted by molar-refractivity contribution is 7.47.